The number of hydrogen-bond donors (Lipinski definition) is 7. The van der Waals surface area contributed by atoms with Crippen molar-refractivity contribution in [3.63, 3.8) is 0 Å². The minimum atomic E-state index is -1.91. The molecule has 226 valence electrons. The summed E-state index contributed by atoms with van der Waals surface area (Å²) in [4.78, 5) is 26.5. The molecule has 14 nitrogen and oxygen atoms in total. The highest BCUT2D eigenvalue weighted by Crippen LogP contribution is 2.39. The summed E-state index contributed by atoms with van der Waals surface area (Å²) in [5.74, 6) is -4.48. The predicted octanol–water partition coefficient (Wildman–Crippen LogP) is 2.07. The third-order valence-electron chi connectivity index (χ3n) is 6.80. The van der Waals surface area contributed by atoms with Gasteiger partial charge in [-0.25, -0.2) is 4.79 Å². The smallest absolute Gasteiger partial charge is 0.338 e. The topological polar surface area (TPSA) is 226 Å². The summed E-state index contributed by atoms with van der Waals surface area (Å²) in [6.45, 7) is 1.39. The van der Waals surface area contributed by atoms with Gasteiger partial charge in [0, 0.05) is 17.7 Å². The van der Waals surface area contributed by atoms with Crippen molar-refractivity contribution >= 4 is 16.9 Å². The van der Waals surface area contributed by atoms with Crippen molar-refractivity contribution in [1.82, 2.24) is 0 Å². The van der Waals surface area contributed by atoms with E-state index in [1.165, 1.54) is 38.3 Å². The van der Waals surface area contributed by atoms with Gasteiger partial charge in [0.25, 0.3) is 0 Å². The van der Waals surface area contributed by atoms with Gasteiger partial charge >= 0.3 is 5.97 Å². The van der Waals surface area contributed by atoms with Crippen LogP contribution in [0.4, 0.5) is 0 Å². The van der Waals surface area contributed by atoms with E-state index in [9.17, 15) is 45.3 Å². The van der Waals surface area contributed by atoms with Crippen LogP contribution in [0.25, 0.3) is 22.3 Å². The van der Waals surface area contributed by atoms with Crippen LogP contribution in [0, 0.1) is 0 Å². The third-order valence-corrected chi connectivity index (χ3v) is 6.80. The zero-order valence-electron chi connectivity index (χ0n) is 22.5. The number of carbonyl (C=O) groups is 1. The molecule has 0 spiro atoms. The van der Waals surface area contributed by atoms with E-state index in [2.05, 4.69) is 0 Å². The maximum absolute atomic E-state index is 13.6. The Labute approximate surface area is 241 Å². The fraction of sp³-hybridized carbons (Fsp3) is 0.241. The molecule has 1 aliphatic heterocycles. The molecule has 0 saturated carbocycles. The van der Waals surface area contributed by atoms with E-state index >= 15 is 0 Å². The molecule has 0 radical (unpaired) electrons. The molecule has 4 aromatic rings. The fourth-order valence-corrected chi connectivity index (χ4v) is 4.64. The predicted molar refractivity (Wildman–Crippen MR) is 145 cm³/mol. The maximum atomic E-state index is 13.6. The first kappa shape index (κ1) is 29.3. The first-order valence-corrected chi connectivity index (χ1v) is 12.7. The number of methoxy groups -OCH3 is 1. The second kappa shape index (κ2) is 11.2. The molecular formula is C29H26O14. The summed E-state index contributed by atoms with van der Waals surface area (Å²) in [5.41, 5.74) is -1.25. The number of carbonyl (C=O) groups excluding carboxylic acids is 1. The maximum Gasteiger partial charge on any atom is 0.338 e. The standard InChI is InChI=1S/C29H26O14/c1-11-21(35)26(42-28(38)13-7-17(33)25(39-2)18(34)8-13)23(37)29(40-11)43-27-22(36)20-16(32)9-15(31)10-19(20)41-24(27)12-3-5-14(30)6-4-12/h3-11,21,23,26,29-35,37H,1-2H3. The highest BCUT2D eigenvalue weighted by Gasteiger charge is 2.47. The van der Waals surface area contributed by atoms with Gasteiger partial charge in [-0.3, -0.25) is 4.79 Å². The molecule has 0 amide bonds. The highest BCUT2D eigenvalue weighted by atomic mass is 16.7. The largest absolute Gasteiger partial charge is 0.508 e. The molecule has 5 atom stereocenters. The monoisotopic (exact) mass is 598 g/mol. The van der Waals surface area contributed by atoms with Crippen LogP contribution in [0.5, 0.6) is 40.2 Å². The molecule has 5 rings (SSSR count). The van der Waals surface area contributed by atoms with E-state index in [1.807, 2.05) is 0 Å². The van der Waals surface area contributed by atoms with E-state index in [1.54, 1.807) is 0 Å². The van der Waals surface area contributed by atoms with Crippen molar-refractivity contribution < 1.29 is 63.9 Å². The molecule has 1 saturated heterocycles. The lowest BCUT2D eigenvalue weighted by Crippen LogP contribution is -2.59. The van der Waals surface area contributed by atoms with E-state index < -0.39 is 70.9 Å². The molecule has 5 unspecified atom stereocenters. The van der Waals surface area contributed by atoms with Gasteiger partial charge in [0.2, 0.25) is 23.2 Å². The van der Waals surface area contributed by atoms with Gasteiger partial charge in [-0.1, -0.05) is 0 Å². The number of esters is 1. The third kappa shape index (κ3) is 5.41. The molecule has 43 heavy (non-hydrogen) atoms. The molecular weight excluding hydrogens is 572 g/mol. The Balaban J connectivity index is 1.52. The summed E-state index contributed by atoms with van der Waals surface area (Å²) in [6.07, 6.45) is -8.06. The Morgan fingerprint density at radius 2 is 1.49 bits per heavy atom. The number of aromatic hydroxyl groups is 5. The van der Waals surface area contributed by atoms with Crippen LogP contribution in [-0.4, -0.2) is 79.5 Å². The molecule has 0 bridgehead atoms. The summed E-state index contributed by atoms with van der Waals surface area (Å²) >= 11 is 0. The van der Waals surface area contributed by atoms with Crippen LogP contribution in [0.1, 0.15) is 17.3 Å². The van der Waals surface area contributed by atoms with Crippen LogP contribution in [0.2, 0.25) is 0 Å². The second-order valence-corrected chi connectivity index (χ2v) is 9.70. The lowest BCUT2D eigenvalue weighted by Gasteiger charge is -2.40. The first-order valence-electron chi connectivity index (χ1n) is 12.7. The van der Waals surface area contributed by atoms with Crippen molar-refractivity contribution in [3.8, 4) is 51.6 Å². The zero-order chi connectivity index (χ0) is 31.2. The van der Waals surface area contributed by atoms with Gasteiger partial charge in [-0.05, 0) is 43.3 Å². The van der Waals surface area contributed by atoms with Gasteiger partial charge in [0.1, 0.15) is 34.3 Å². The normalized spacial score (nSPS) is 21.8. The van der Waals surface area contributed by atoms with Gasteiger partial charge < -0.3 is 59.1 Å². The fourth-order valence-electron chi connectivity index (χ4n) is 4.64. The van der Waals surface area contributed by atoms with Crippen molar-refractivity contribution in [3.05, 3.63) is 64.3 Å². The Kier molecular flexibility index (Phi) is 7.67. The van der Waals surface area contributed by atoms with E-state index in [0.717, 1.165) is 24.3 Å². The molecule has 1 aliphatic rings. The second-order valence-electron chi connectivity index (χ2n) is 9.70. The van der Waals surface area contributed by atoms with Crippen LogP contribution in [-0.2, 0) is 9.47 Å². The van der Waals surface area contributed by atoms with Gasteiger partial charge in [0.05, 0.1) is 18.8 Å². The lowest BCUT2D eigenvalue weighted by atomic mass is 9.99. The van der Waals surface area contributed by atoms with Crippen molar-refractivity contribution in [2.45, 2.75) is 37.6 Å². The van der Waals surface area contributed by atoms with Crippen molar-refractivity contribution in [2.24, 2.45) is 0 Å². The SMILES string of the molecule is COc1c(O)cc(C(=O)OC2C(O)C(C)OC(Oc3c(-c4ccc(O)cc4)oc4cc(O)cc(O)c4c3=O)C2O)cc1O. The summed E-state index contributed by atoms with van der Waals surface area (Å²) in [6, 6.07) is 9.30. The Morgan fingerprint density at radius 3 is 2.12 bits per heavy atom. The zero-order valence-corrected chi connectivity index (χ0v) is 22.5. The first-order chi connectivity index (χ1) is 20.4. The number of benzene rings is 3. The molecule has 1 aromatic heterocycles. The summed E-state index contributed by atoms with van der Waals surface area (Å²) in [5, 5.41) is 71.5. The molecule has 0 aliphatic carbocycles. The number of ether oxygens (including phenoxy) is 4. The van der Waals surface area contributed by atoms with Crippen LogP contribution < -0.4 is 14.9 Å². The minimum absolute atomic E-state index is 0.0957. The van der Waals surface area contributed by atoms with Crippen molar-refractivity contribution in [1.29, 1.82) is 0 Å². The highest BCUT2D eigenvalue weighted by molar-refractivity contribution is 5.91. The summed E-state index contributed by atoms with van der Waals surface area (Å²) in [7, 11) is 1.19. The van der Waals surface area contributed by atoms with E-state index in [0.29, 0.717) is 0 Å². The lowest BCUT2D eigenvalue weighted by molar-refractivity contribution is -0.267. The molecule has 3 aromatic carbocycles. The number of aliphatic hydroxyl groups excluding tert-OH is 2. The molecule has 1 fully saturated rings. The average Bonchev–Trinajstić information content (AvgIpc) is 2.95. The van der Waals surface area contributed by atoms with E-state index in [-0.39, 0.29) is 39.4 Å². The average molecular weight is 599 g/mol. The minimum Gasteiger partial charge on any atom is -0.508 e. The number of fused-ring (bicyclic) bond motifs is 1. The molecule has 2 heterocycles. The number of aliphatic hydroxyl groups is 2. The van der Waals surface area contributed by atoms with Crippen LogP contribution in [0.15, 0.2) is 57.7 Å². The van der Waals surface area contributed by atoms with E-state index in [4.69, 9.17) is 23.4 Å². The Morgan fingerprint density at radius 1 is 0.837 bits per heavy atom. The van der Waals surface area contributed by atoms with Gasteiger partial charge in [-0.2, -0.15) is 0 Å². The molecule has 7 N–H and O–H groups in total. The number of rotatable bonds is 6. The van der Waals surface area contributed by atoms with Gasteiger partial charge in [0.15, 0.2) is 29.5 Å². The van der Waals surface area contributed by atoms with Crippen molar-refractivity contribution in [2.75, 3.05) is 7.11 Å². The number of phenols is 5. The summed E-state index contributed by atoms with van der Waals surface area (Å²) < 4.78 is 27.4. The quantitative estimate of drug-likeness (QED) is 0.158. The number of phenolic OH excluding ortho intramolecular Hbond substituents is 5. The number of hydrogen-bond acceptors (Lipinski definition) is 14. The van der Waals surface area contributed by atoms with Crippen LogP contribution >= 0.6 is 0 Å². The van der Waals surface area contributed by atoms with Crippen LogP contribution in [0.3, 0.4) is 0 Å². The Bertz CT molecular complexity index is 1720. The van der Waals surface area contributed by atoms with Gasteiger partial charge in [-0.15, -0.1) is 0 Å². The molecule has 14 heteroatoms. The Hall–Kier alpha value is -5.18.